The lowest BCUT2D eigenvalue weighted by molar-refractivity contribution is 0.0285. The molecule has 0 fully saturated rings. The van der Waals surface area contributed by atoms with E-state index in [1.807, 2.05) is 6.92 Å². The number of ketones is 1. The number of hydrogen-bond acceptors (Lipinski definition) is 4. The van der Waals surface area contributed by atoms with E-state index >= 15 is 0 Å². The Morgan fingerprint density at radius 1 is 1.24 bits per heavy atom. The minimum Gasteiger partial charge on any atom is -0.454 e. The van der Waals surface area contributed by atoms with Gasteiger partial charge in [0, 0.05) is 17.7 Å². The first-order valence-corrected chi connectivity index (χ1v) is 8.25. The second kappa shape index (κ2) is 7.01. The van der Waals surface area contributed by atoms with E-state index in [9.17, 15) is 18.8 Å². The first kappa shape index (κ1) is 17.1. The van der Waals surface area contributed by atoms with E-state index < -0.39 is 17.6 Å². The first-order chi connectivity index (χ1) is 12.0. The maximum atomic E-state index is 13.0. The van der Waals surface area contributed by atoms with Gasteiger partial charge in [-0.15, -0.1) is 0 Å². The van der Waals surface area contributed by atoms with Crippen LogP contribution in [0.2, 0.25) is 0 Å². The number of benzene rings is 1. The van der Waals surface area contributed by atoms with Gasteiger partial charge in [0.2, 0.25) is 0 Å². The minimum atomic E-state index is -0.793. The second-order valence-corrected chi connectivity index (χ2v) is 6.03. The fourth-order valence-electron chi connectivity index (χ4n) is 2.98. The number of fused-ring (bicyclic) bond motifs is 1. The molecule has 0 aliphatic heterocycles. The molecule has 25 heavy (non-hydrogen) atoms. The number of carbonyl (C=O) groups is 2. The molecular weight excluding hydrogens is 325 g/mol. The maximum Gasteiger partial charge on any atom is 0.344 e. The molecule has 0 amide bonds. The van der Waals surface area contributed by atoms with Crippen LogP contribution >= 0.6 is 0 Å². The Kier molecular flexibility index (Phi) is 4.79. The number of aryl methyl sites for hydroxylation is 1. The number of carbonyl (C=O) groups excluding carboxylic acids is 2. The minimum absolute atomic E-state index is 0.0860. The van der Waals surface area contributed by atoms with Crippen molar-refractivity contribution < 1.29 is 18.7 Å². The van der Waals surface area contributed by atoms with Crippen LogP contribution in [0.1, 0.15) is 64.3 Å². The number of nitrogens with one attached hydrogen (secondary N) is 1. The van der Waals surface area contributed by atoms with E-state index in [0.29, 0.717) is 42.5 Å². The van der Waals surface area contributed by atoms with Crippen molar-refractivity contribution in [2.45, 2.75) is 38.7 Å². The summed E-state index contributed by atoms with van der Waals surface area (Å²) in [6.45, 7) is 1.82. The highest BCUT2D eigenvalue weighted by atomic mass is 19.1. The number of pyridine rings is 1. The smallest absolute Gasteiger partial charge is 0.344 e. The van der Waals surface area contributed by atoms with Crippen LogP contribution in [0.5, 0.6) is 0 Å². The van der Waals surface area contributed by atoms with E-state index in [4.69, 9.17) is 4.74 Å². The molecule has 2 aromatic rings. The summed E-state index contributed by atoms with van der Waals surface area (Å²) in [6, 6.07) is 6.98. The van der Waals surface area contributed by atoms with Crippen molar-refractivity contribution in [2.24, 2.45) is 0 Å². The Morgan fingerprint density at radius 3 is 2.64 bits per heavy atom. The summed E-state index contributed by atoms with van der Waals surface area (Å²) in [5, 5.41) is 0. The highest BCUT2D eigenvalue weighted by molar-refractivity contribution is 6.00. The Morgan fingerprint density at radius 2 is 1.96 bits per heavy atom. The Balaban J connectivity index is 1.87. The standard InChI is InChI=1S/C19H18FNO4/c1-2-17(11-6-8-12(20)9-7-11)25-19(24)14-10-13-15(21-18(14)23)4-3-5-16(13)22/h6-10,17H,2-5H2,1H3,(H,21,23). The van der Waals surface area contributed by atoms with Gasteiger partial charge in [0.05, 0.1) is 0 Å². The van der Waals surface area contributed by atoms with Gasteiger partial charge in [-0.2, -0.15) is 0 Å². The maximum absolute atomic E-state index is 13.0. The predicted octanol–water partition coefficient (Wildman–Crippen LogP) is 3.34. The first-order valence-electron chi connectivity index (χ1n) is 8.25. The quantitative estimate of drug-likeness (QED) is 0.864. The van der Waals surface area contributed by atoms with Gasteiger partial charge in [0.25, 0.3) is 5.56 Å². The van der Waals surface area contributed by atoms with Crippen molar-refractivity contribution in [3.05, 3.63) is 68.9 Å². The highest BCUT2D eigenvalue weighted by Crippen LogP contribution is 2.24. The summed E-state index contributed by atoms with van der Waals surface area (Å²) < 4.78 is 18.5. The SMILES string of the molecule is CCC(OC(=O)c1cc2c([nH]c1=O)CCCC2=O)c1ccc(F)cc1. The Hall–Kier alpha value is -2.76. The molecular formula is C19H18FNO4. The lowest BCUT2D eigenvalue weighted by Crippen LogP contribution is -2.26. The van der Waals surface area contributed by atoms with Gasteiger partial charge < -0.3 is 9.72 Å². The van der Waals surface area contributed by atoms with E-state index in [-0.39, 0.29) is 17.2 Å². The molecule has 130 valence electrons. The van der Waals surface area contributed by atoms with Crippen molar-refractivity contribution in [1.82, 2.24) is 4.98 Å². The summed E-state index contributed by atoms with van der Waals surface area (Å²) >= 11 is 0. The zero-order valence-electron chi connectivity index (χ0n) is 13.8. The number of esters is 1. The van der Waals surface area contributed by atoms with Crippen molar-refractivity contribution in [3.8, 4) is 0 Å². The van der Waals surface area contributed by atoms with Gasteiger partial charge in [-0.25, -0.2) is 9.18 Å². The van der Waals surface area contributed by atoms with Crippen LogP contribution in [-0.2, 0) is 11.2 Å². The molecule has 3 rings (SSSR count). The fourth-order valence-corrected chi connectivity index (χ4v) is 2.98. The van der Waals surface area contributed by atoms with Crippen LogP contribution in [0.25, 0.3) is 0 Å². The number of H-pyrrole nitrogens is 1. The normalized spacial score (nSPS) is 14.7. The molecule has 1 atom stereocenters. The number of Topliss-reactive ketones (excluding diaryl/α,β-unsaturated/α-hetero) is 1. The van der Waals surface area contributed by atoms with Gasteiger partial charge in [-0.3, -0.25) is 9.59 Å². The molecule has 0 saturated heterocycles. The largest absolute Gasteiger partial charge is 0.454 e. The fraction of sp³-hybridized carbons (Fsp3) is 0.316. The van der Waals surface area contributed by atoms with E-state index in [0.717, 1.165) is 0 Å². The number of ether oxygens (including phenoxy) is 1. The monoisotopic (exact) mass is 343 g/mol. The molecule has 1 N–H and O–H groups in total. The molecule has 1 aromatic carbocycles. The summed E-state index contributed by atoms with van der Waals surface area (Å²) in [5.41, 5.74) is 0.848. The van der Waals surface area contributed by atoms with Crippen LogP contribution in [-0.4, -0.2) is 16.7 Å². The third kappa shape index (κ3) is 3.52. The molecule has 1 aliphatic carbocycles. The van der Waals surface area contributed by atoms with Crippen LogP contribution in [0, 0.1) is 5.82 Å². The molecule has 1 heterocycles. The van der Waals surface area contributed by atoms with Crippen LogP contribution < -0.4 is 5.56 Å². The van der Waals surface area contributed by atoms with Crippen molar-refractivity contribution in [3.63, 3.8) is 0 Å². The molecule has 6 heteroatoms. The summed E-state index contributed by atoms with van der Waals surface area (Å²) in [4.78, 5) is 39.2. The van der Waals surface area contributed by atoms with Crippen LogP contribution in [0.3, 0.4) is 0 Å². The van der Waals surface area contributed by atoms with Gasteiger partial charge in [0.15, 0.2) is 5.78 Å². The Bertz CT molecular complexity index is 870. The third-order valence-electron chi connectivity index (χ3n) is 4.34. The van der Waals surface area contributed by atoms with Gasteiger partial charge in [-0.05, 0) is 43.0 Å². The lowest BCUT2D eigenvalue weighted by Gasteiger charge is -2.18. The van der Waals surface area contributed by atoms with Crippen molar-refractivity contribution >= 4 is 11.8 Å². The van der Waals surface area contributed by atoms with Crippen LogP contribution in [0.4, 0.5) is 4.39 Å². The van der Waals surface area contributed by atoms with E-state index in [2.05, 4.69) is 4.98 Å². The molecule has 0 radical (unpaired) electrons. The Labute approximate surface area is 143 Å². The lowest BCUT2D eigenvalue weighted by atomic mass is 9.94. The average molecular weight is 343 g/mol. The van der Waals surface area contributed by atoms with Crippen molar-refractivity contribution in [1.29, 1.82) is 0 Å². The average Bonchev–Trinajstić information content (AvgIpc) is 2.60. The number of aromatic nitrogens is 1. The highest BCUT2D eigenvalue weighted by Gasteiger charge is 2.24. The number of aromatic amines is 1. The van der Waals surface area contributed by atoms with E-state index in [1.54, 1.807) is 0 Å². The van der Waals surface area contributed by atoms with Gasteiger partial charge in [-0.1, -0.05) is 19.1 Å². The zero-order chi connectivity index (χ0) is 18.0. The predicted molar refractivity (Wildman–Crippen MR) is 89.2 cm³/mol. The zero-order valence-corrected chi connectivity index (χ0v) is 13.8. The topological polar surface area (TPSA) is 76.2 Å². The number of hydrogen-bond donors (Lipinski definition) is 1. The van der Waals surface area contributed by atoms with Gasteiger partial charge >= 0.3 is 5.97 Å². The van der Waals surface area contributed by atoms with Crippen LogP contribution in [0.15, 0.2) is 35.1 Å². The van der Waals surface area contributed by atoms with Gasteiger partial charge in [0.1, 0.15) is 17.5 Å². The van der Waals surface area contributed by atoms with Crippen molar-refractivity contribution in [2.75, 3.05) is 0 Å². The summed E-state index contributed by atoms with van der Waals surface area (Å²) in [6.07, 6.45) is 1.58. The number of rotatable bonds is 4. The summed E-state index contributed by atoms with van der Waals surface area (Å²) in [5.74, 6) is -1.26. The molecule has 1 unspecified atom stereocenters. The third-order valence-corrected chi connectivity index (χ3v) is 4.34. The molecule has 0 bridgehead atoms. The molecule has 1 aliphatic rings. The van der Waals surface area contributed by atoms with E-state index in [1.165, 1.54) is 30.3 Å². The molecule has 1 aromatic heterocycles. The molecule has 0 saturated carbocycles. The molecule has 5 nitrogen and oxygen atoms in total. The second-order valence-electron chi connectivity index (χ2n) is 6.03. The summed E-state index contributed by atoms with van der Waals surface area (Å²) in [7, 11) is 0. The number of halogens is 1. The molecule has 0 spiro atoms.